The Bertz CT molecular complexity index is 2450. The topological polar surface area (TPSA) is 127 Å². The average molecular weight is 929 g/mol. The summed E-state index contributed by atoms with van der Waals surface area (Å²) in [7, 11) is -1.41. The number of nitro benzene ring substituents is 2. The molecule has 6 aromatic rings. The number of halogens is 3. The second-order valence-electron chi connectivity index (χ2n) is 14.1. The van der Waals surface area contributed by atoms with Crippen molar-refractivity contribution in [2.75, 3.05) is 0 Å². The molecule has 0 unspecified atom stereocenters. The Hall–Kier alpha value is -4.46. The lowest BCUT2D eigenvalue weighted by Gasteiger charge is -2.22. The van der Waals surface area contributed by atoms with E-state index in [2.05, 4.69) is 124 Å². The van der Waals surface area contributed by atoms with Gasteiger partial charge >= 0.3 is 7.12 Å². The minimum absolute atomic E-state index is 0. The van der Waals surface area contributed by atoms with Crippen molar-refractivity contribution in [3.05, 3.63) is 177 Å². The highest BCUT2D eigenvalue weighted by atomic mass is 79.9. The Labute approximate surface area is 346 Å². The Balaban J connectivity index is 0.000000170. The van der Waals surface area contributed by atoms with Gasteiger partial charge in [0.05, 0.1) is 19.9 Å². The van der Waals surface area contributed by atoms with Crippen LogP contribution in [0.25, 0.3) is 33.4 Å². The monoisotopic (exact) mass is 926 g/mol. The predicted molar refractivity (Wildman–Crippen MR) is 233 cm³/mol. The van der Waals surface area contributed by atoms with Gasteiger partial charge in [0.1, 0.15) is 0 Å². The molecule has 0 spiro atoms. The molecule has 2 aliphatic rings. The molecule has 0 atom stereocenters. The van der Waals surface area contributed by atoms with Gasteiger partial charge in [0, 0.05) is 31.9 Å². The van der Waals surface area contributed by atoms with Crippen LogP contribution >= 0.6 is 47.8 Å². The number of hydrogen-bond donors (Lipinski definition) is 2. The van der Waals surface area contributed by atoms with Crippen molar-refractivity contribution in [1.82, 2.24) is 0 Å². The fourth-order valence-corrected chi connectivity index (χ4v) is 8.84. The molecule has 12 heteroatoms. The third-order valence-corrected chi connectivity index (χ3v) is 11.7. The van der Waals surface area contributed by atoms with Crippen LogP contribution in [-0.2, 0) is 10.8 Å². The Kier molecular flexibility index (Phi) is 12.4. The third-order valence-electron chi connectivity index (χ3n) is 10.1. The van der Waals surface area contributed by atoms with Crippen LogP contribution in [0, 0.1) is 20.2 Å². The summed E-state index contributed by atoms with van der Waals surface area (Å²) in [6.45, 7) is 8.75. The first-order valence-corrected chi connectivity index (χ1v) is 19.3. The zero-order valence-corrected chi connectivity index (χ0v) is 34.4. The van der Waals surface area contributed by atoms with E-state index >= 15 is 0 Å². The molecular weight excluding hydrogens is 891 g/mol. The van der Waals surface area contributed by atoms with Crippen molar-refractivity contribution in [1.29, 1.82) is 0 Å². The largest absolute Gasteiger partial charge is 0.488 e. The number of fused-ring (bicyclic) bond motifs is 6. The molecule has 0 aromatic heterocycles. The van der Waals surface area contributed by atoms with Gasteiger partial charge in [-0.15, -0.1) is 0 Å². The van der Waals surface area contributed by atoms with Gasteiger partial charge < -0.3 is 10.0 Å². The summed E-state index contributed by atoms with van der Waals surface area (Å²) < 4.78 is 2.13. The molecule has 8 nitrogen and oxygen atoms in total. The first-order valence-electron chi connectivity index (χ1n) is 16.9. The van der Waals surface area contributed by atoms with Crippen molar-refractivity contribution in [2.45, 2.75) is 46.0 Å². The van der Waals surface area contributed by atoms with Crippen LogP contribution in [0.2, 0.25) is 0 Å². The number of nitro groups is 2. The minimum Gasteiger partial charge on any atom is -0.423 e. The van der Waals surface area contributed by atoms with Crippen molar-refractivity contribution >= 4 is 71.7 Å². The molecule has 0 heterocycles. The van der Waals surface area contributed by atoms with Crippen molar-refractivity contribution in [3.8, 4) is 33.4 Å². The first-order chi connectivity index (χ1) is 25.5. The normalized spacial score (nSPS) is 13.3. The average Bonchev–Trinajstić information content (AvgIpc) is 3.51. The molecular formula is C43H38BBr3N2O6. The van der Waals surface area contributed by atoms with E-state index < -0.39 is 12.0 Å². The maximum atomic E-state index is 11.4. The molecule has 0 saturated carbocycles. The molecule has 0 fully saturated rings. The van der Waals surface area contributed by atoms with Crippen molar-refractivity contribution < 1.29 is 19.9 Å². The fourth-order valence-electron chi connectivity index (χ4n) is 7.28. The second kappa shape index (κ2) is 16.3. The zero-order chi connectivity index (χ0) is 39.1. The first kappa shape index (κ1) is 41.7. The zero-order valence-electron chi connectivity index (χ0n) is 29.7. The Morgan fingerprint density at radius 2 is 0.982 bits per heavy atom. The lowest BCUT2D eigenvalue weighted by molar-refractivity contribution is -0.385. The summed E-state index contributed by atoms with van der Waals surface area (Å²) in [5.74, 6) is 0. The van der Waals surface area contributed by atoms with Crippen molar-refractivity contribution in [3.63, 3.8) is 0 Å². The summed E-state index contributed by atoms with van der Waals surface area (Å²) in [4.78, 5) is 21.0. The quantitative estimate of drug-likeness (QED) is 0.103. The smallest absolute Gasteiger partial charge is 0.423 e. The SMILES string of the molecule is C.CC1(C)c2ccccc2-c2ccc(-c3cc(Br)ccc3[N+](=O)[O-])cc21.CC1(C)c2ccccc2-c2ccc(B(O)O)cc21.O=[N+]([O-])c1ccc(Br)cc1Br. The molecule has 280 valence electrons. The maximum Gasteiger partial charge on any atom is 0.488 e. The van der Waals surface area contributed by atoms with Gasteiger partial charge in [-0.25, -0.2) is 0 Å². The van der Waals surface area contributed by atoms with Gasteiger partial charge in [-0.05, 0) is 102 Å². The van der Waals surface area contributed by atoms with Gasteiger partial charge in [0.15, 0.2) is 0 Å². The van der Waals surface area contributed by atoms with Crippen LogP contribution in [-0.4, -0.2) is 27.0 Å². The minimum atomic E-state index is -1.41. The van der Waals surface area contributed by atoms with Gasteiger partial charge in [-0.2, -0.15) is 0 Å². The lowest BCUT2D eigenvalue weighted by atomic mass is 9.75. The Morgan fingerprint density at radius 1 is 0.527 bits per heavy atom. The molecule has 0 radical (unpaired) electrons. The molecule has 8 rings (SSSR count). The summed E-state index contributed by atoms with van der Waals surface area (Å²) in [5.41, 5.74) is 11.9. The van der Waals surface area contributed by atoms with E-state index in [4.69, 9.17) is 0 Å². The molecule has 2 N–H and O–H groups in total. The standard InChI is InChI=1S/C21H16BrNO2.C15H15BO2.C6H3Br2NO2.CH4/c1-21(2)18-6-4-3-5-15(18)16-9-7-13(11-19(16)21)17-12-14(22)8-10-20(17)23(24)25;1-15(2)13-6-4-3-5-11(13)12-8-7-10(16(17)18)9-14(12)15;7-4-1-2-6(9(10)11)5(8)3-4;/h3-12H,1-2H3;3-9,17-18H,1-2H3;1-3H;1H4. The molecule has 0 amide bonds. The maximum absolute atomic E-state index is 11.4. The Morgan fingerprint density at radius 3 is 1.49 bits per heavy atom. The van der Waals surface area contributed by atoms with E-state index in [1.165, 1.54) is 45.0 Å². The van der Waals surface area contributed by atoms with Crippen LogP contribution < -0.4 is 5.46 Å². The van der Waals surface area contributed by atoms with E-state index in [1.54, 1.807) is 30.3 Å². The van der Waals surface area contributed by atoms with E-state index in [0.29, 0.717) is 15.5 Å². The van der Waals surface area contributed by atoms with Gasteiger partial charge in [-0.3, -0.25) is 20.2 Å². The van der Waals surface area contributed by atoms with E-state index in [9.17, 15) is 30.3 Å². The lowest BCUT2D eigenvalue weighted by Crippen LogP contribution is -2.31. The second-order valence-corrected chi connectivity index (χ2v) is 16.7. The van der Waals surface area contributed by atoms with Gasteiger partial charge in [0.25, 0.3) is 11.4 Å². The van der Waals surface area contributed by atoms with E-state index in [0.717, 1.165) is 20.1 Å². The van der Waals surface area contributed by atoms with Crippen LogP contribution in [0.15, 0.2) is 135 Å². The number of nitrogens with zero attached hydrogens (tertiary/aromatic N) is 2. The highest BCUT2D eigenvalue weighted by Gasteiger charge is 2.37. The third kappa shape index (κ3) is 8.11. The molecule has 0 bridgehead atoms. The predicted octanol–water partition coefficient (Wildman–Crippen LogP) is 11.8. The molecule has 2 aliphatic carbocycles. The molecule has 6 aromatic carbocycles. The van der Waals surface area contributed by atoms with Crippen LogP contribution in [0.5, 0.6) is 0 Å². The number of hydrogen-bond acceptors (Lipinski definition) is 6. The van der Waals surface area contributed by atoms with Crippen LogP contribution in [0.4, 0.5) is 11.4 Å². The summed E-state index contributed by atoms with van der Waals surface area (Å²) in [5, 5.41) is 40.3. The fraction of sp³-hybridized carbons (Fsp3) is 0.163. The number of benzene rings is 6. The van der Waals surface area contributed by atoms with E-state index in [-0.39, 0.29) is 34.6 Å². The molecule has 55 heavy (non-hydrogen) atoms. The van der Waals surface area contributed by atoms with E-state index in [1.807, 2.05) is 36.4 Å². The highest BCUT2D eigenvalue weighted by Crippen LogP contribution is 2.50. The van der Waals surface area contributed by atoms with Gasteiger partial charge in [0.2, 0.25) is 0 Å². The van der Waals surface area contributed by atoms with Crippen LogP contribution in [0.3, 0.4) is 0 Å². The summed E-state index contributed by atoms with van der Waals surface area (Å²) >= 11 is 9.70. The van der Waals surface area contributed by atoms with Gasteiger partial charge in [-0.1, -0.05) is 146 Å². The van der Waals surface area contributed by atoms with Crippen LogP contribution in [0.1, 0.15) is 57.4 Å². The summed E-state index contributed by atoms with van der Waals surface area (Å²) in [6.07, 6.45) is 0. The number of rotatable bonds is 4. The highest BCUT2D eigenvalue weighted by molar-refractivity contribution is 9.11. The molecule has 0 saturated heterocycles. The molecule has 0 aliphatic heterocycles. The van der Waals surface area contributed by atoms with Crippen molar-refractivity contribution in [2.24, 2.45) is 0 Å². The summed E-state index contributed by atoms with van der Waals surface area (Å²) in [6, 6.07) is 38.4.